The molecule has 3 N–H and O–H groups in total. The number of aromatic nitrogens is 3. The molecule has 1 aliphatic heterocycles. The van der Waals surface area contributed by atoms with Gasteiger partial charge in [0.15, 0.2) is 5.82 Å². The van der Waals surface area contributed by atoms with Crippen LogP contribution in [0.4, 0.5) is 5.95 Å². The molecule has 0 atom stereocenters. The SMILES string of the molecule is NC1CCN(c2n[nH]c(-c3ccc(I)cc3)n2)CC1. The number of hydrogen-bond donors (Lipinski definition) is 2. The van der Waals surface area contributed by atoms with E-state index in [1.165, 1.54) is 3.57 Å². The van der Waals surface area contributed by atoms with Crippen LogP contribution in [0.2, 0.25) is 0 Å². The number of aromatic amines is 1. The molecule has 0 radical (unpaired) electrons. The maximum Gasteiger partial charge on any atom is 0.245 e. The quantitative estimate of drug-likeness (QED) is 0.795. The zero-order chi connectivity index (χ0) is 13.2. The summed E-state index contributed by atoms with van der Waals surface area (Å²) in [7, 11) is 0. The van der Waals surface area contributed by atoms with E-state index in [0.717, 1.165) is 43.3 Å². The van der Waals surface area contributed by atoms with Crippen LogP contribution in [0.1, 0.15) is 12.8 Å². The first kappa shape index (κ1) is 12.9. The van der Waals surface area contributed by atoms with Crippen molar-refractivity contribution < 1.29 is 0 Å². The summed E-state index contributed by atoms with van der Waals surface area (Å²) in [6.07, 6.45) is 2.01. The minimum absolute atomic E-state index is 0.325. The van der Waals surface area contributed by atoms with Crippen molar-refractivity contribution in [2.24, 2.45) is 5.73 Å². The summed E-state index contributed by atoms with van der Waals surface area (Å²) in [6, 6.07) is 8.57. The van der Waals surface area contributed by atoms with Crippen molar-refractivity contribution in [3.63, 3.8) is 0 Å². The molecule has 6 heteroatoms. The van der Waals surface area contributed by atoms with Gasteiger partial charge in [-0.25, -0.2) is 0 Å². The van der Waals surface area contributed by atoms with E-state index < -0.39 is 0 Å². The van der Waals surface area contributed by atoms with E-state index >= 15 is 0 Å². The zero-order valence-electron chi connectivity index (χ0n) is 10.5. The third-order valence-electron chi connectivity index (χ3n) is 3.41. The van der Waals surface area contributed by atoms with Crippen LogP contribution in [0.25, 0.3) is 11.4 Å². The number of nitrogens with one attached hydrogen (secondary N) is 1. The molecule has 19 heavy (non-hydrogen) atoms. The average molecular weight is 369 g/mol. The Balaban J connectivity index is 1.77. The van der Waals surface area contributed by atoms with Crippen LogP contribution in [0.3, 0.4) is 0 Å². The van der Waals surface area contributed by atoms with Crippen LogP contribution >= 0.6 is 22.6 Å². The smallest absolute Gasteiger partial charge is 0.245 e. The van der Waals surface area contributed by atoms with Gasteiger partial charge in [0.1, 0.15) is 0 Å². The first-order valence-corrected chi connectivity index (χ1v) is 7.49. The van der Waals surface area contributed by atoms with Gasteiger partial charge in [-0.15, -0.1) is 5.10 Å². The van der Waals surface area contributed by atoms with Gasteiger partial charge in [0.25, 0.3) is 0 Å². The molecule has 2 heterocycles. The fourth-order valence-electron chi connectivity index (χ4n) is 2.23. The number of piperidine rings is 1. The van der Waals surface area contributed by atoms with Gasteiger partial charge >= 0.3 is 0 Å². The minimum Gasteiger partial charge on any atom is -0.339 e. The predicted octanol–water partition coefficient (Wildman–Crippen LogP) is 2.00. The van der Waals surface area contributed by atoms with E-state index in [4.69, 9.17) is 5.73 Å². The first-order chi connectivity index (χ1) is 9.22. The van der Waals surface area contributed by atoms with Gasteiger partial charge in [0, 0.05) is 28.3 Å². The maximum atomic E-state index is 5.91. The van der Waals surface area contributed by atoms with Crippen LogP contribution in [0.5, 0.6) is 0 Å². The Morgan fingerprint density at radius 3 is 2.58 bits per heavy atom. The van der Waals surface area contributed by atoms with E-state index in [-0.39, 0.29) is 0 Å². The van der Waals surface area contributed by atoms with Gasteiger partial charge in [-0.1, -0.05) is 12.1 Å². The van der Waals surface area contributed by atoms with Gasteiger partial charge in [-0.05, 0) is 47.6 Å². The Bertz CT molecular complexity index is 542. The number of rotatable bonds is 2. The lowest BCUT2D eigenvalue weighted by Gasteiger charge is -2.28. The predicted molar refractivity (Wildman–Crippen MR) is 84.0 cm³/mol. The monoisotopic (exact) mass is 369 g/mol. The summed E-state index contributed by atoms with van der Waals surface area (Å²) in [5.74, 6) is 1.60. The maximum absolute atomic E-state index is 5.91. The lowest BCUT2D eigenvalue weighted by molar-refractivity contribution is 0.496. The Morgan fingerprint density at radius 1 is 1.21 bits per heavy atom. The third-order valence-corrected chi connectivity index (χ3v) is 4.13. The Kier molecular flexibility index (Phi) is 3.69. The van der Waals surface area contributed by atoms with Gasteiger partial charge in [0.2, 0.25) is 5.95 Å². The van der Waals surface area contributed by atoms with Crippen LogP contribution < -0.4 is 10.6 Å². The third kappa shape index (κ3) is 2.89. The molecule has 1 aromatic heterocycles. The summed E-state index contributed by atoms with van der Waals surface area (Å²) in [5.41, 5.74) is 6.97. The molecule has 1 aromatic carbocycles. The standard InChI is InChI=1S/C13H16IN5/c14-10-3-1-9(2-4-10)12-16-13(18-17-12)19-7-5-11(15)6-8-19/h1-4,11H,5-8,15H2,(H,16,17,18). The highest BCUT2D eigenvalue weighted by atomic mass is 127. The molecule has 1 aliphatic rings. The van der Waals surface area contributed by atoms with Gasteiger partial charge in [-0.3, -0.25) is 5.10 Å². The molecule has 0 unspecified atom stereocenters. The molecular formula is C13H16IN5. The minimum atomic E-state index is 0.325. The topological polar surface area (TPSA) is 70.8 Å². The average Bonchev–Trinajstić information content (AvgIpc) is 2.90. The number of hydrogen-bond acceptors (Lipinski definition) is 4. The molecule has 0 aliphatic carbocycles. The van der Waals surface area contributed by atoms with Gasteiger partial charge < -0.3 is 10.6 Å². The lowest BCUT2D eigenvalue weighted by atomic mass is 10.1. The lowest BCUT2D eigenvalue weighted by Crippen LogP contribution is -2.40. The highest BCUT2D eigenvalue weighted by Crippen LogP contribution is 2.20. The van der Waals surface area contributed by atoms with Crippen molar-refractivity contribution in [3.8, 4) is 11.4 Å². The number of benzene rings is 1. The Hall–Kier alpha value is -1.15. The second-order valence-corrected chi connectivity index (χ2v) is 6.06. The van der Waals surface area contributed by atoms with E-state index in [0.29, 0.717) is 6.04 Å². The number of halogens is 1. The van der Waals surface area contributed by atoms with E-state index in [1.807, 2.05) is 0 Å². The largest absolute Gasteiger partial charge is 0.339 e. The van der Waals surface area contributed by atoms with Crippen LogP contribution in [0, 0.1) is 3.57 Å². The summed E-state index contributed by atoms with van der Waals surface area (Å²) in [5, 5.41) is 7.32. The van der Waals surface area contributed by atoms with E-state index in [2.05, 4.69) is 66.9 Å². The van der Waals surface area contributed by atoms with Crippen molar-refractivity contribution in [2.75, 3.05) is 18.0 Å². The summed E-state index contributed by atoms with van der Waals surface area (Å²) < 4.78 is 1.21. The van der Waals surface area contributed by atoms with E-state index in [1.54, 1.807) is 0 Å². The van der Waals surface area contributed by atoms with Crippen molar-refractivity contribution >= 4 is 28.5 Å². The Labute approximate surface area is 125 Å². The van der Waals surface area contributed by atoms with Crippen molar-refractivity contribution in [1.82, 2.24) is 15.2 Å². The highest BCUT2D eigenvalue weighted by molar-refractivity contribution is 14.1. The summed E-state index contributed by atoms with van der Waals surface area (Å²) in [6.45, 7) is 1.87. The fraction of sp³-hybridized carbons (Fsp3) is 0.385. The molecule has 2 aromatic rings. The van der Waals surface area contributed by atoms with Crippen molar-refractivity contribution in [2.45, 2.75) is 18.9 Å². The van der Waals surface area contributed by atoms with Gasteiger partial charge in [0.05, 0.1) is 0 Å². The second-order valence-electron chi connectivity index (χ2n) is 4.82. The van der Waals surface area contributed by atoms with E-state index in [9.17, 15) is 0 Å². The molecule has 1 fully saturated rings. The van der Waals surface area contributed by atoms with Crippen LogP contribution in [0.15, 0.2) is 24.3 Å². The molecule has 3 rings (SSSR count). The second kappa shape index (κ2) is 5.46. The summed E-state index contributed by atoms with van der Waals surface area (Å²) in [4.78, 5) is 6.77. The van der Waals surface area contributed by atoms with Crippen LogP contribution in [-0.4, -0.2) is 34.3 Å². The molecule has 0 amide bonds. The molecular weight excluding hydrogens is 353 g/mol. The van der Waals surface area contributed by atoms with Gasteiger partial charge in [-0.2, -0.15) is 4.98 Å². The van der Waals surface area contributed by atoms with Crippen molar-refractivity contribution in [3.05, 3.63) is 27.8 Å². The molecule has 0 spiro atoms. The normalized spacial score (nSPS) is 16.8. The number of nitrogens with zero attached hydrogens (tertiary/aromatic N) is 3. The van der Waals surface area contributed by atoms with Crippen LogP contribution in [-0.2, 0) is 0 Å². The molecule has 5 nitrogen and oxygen atoms in total. The zero-order valence-corrected chi connectivity index (χ0v) is 12.7. The summed E-state index contributed by atoms with van der Waals surface area (Å²) >= 11 is 2.29. The first-order valence-electron chi connectivity index (χ1n) is 6.41. The molecule has 0 bridgehead atoms. The van der Waals surface area contributed by atoms with Crippen molar-refractivity contribution in [1.29, 1.82) is 0 Å². The molecule has 0 saturated carbocycles. The highest BCUT2D eigenvalue weighted by Gasteiger charge is 2.19. The fourth-order valence-corrected chi connectivity index (χ4v) is 2.59. The number of anilines is 1. The number of nitrogens with two attached hydrogens (primary N) is 1. The molecule has 1 saturated heterocycles. The molecule has 100 valence electrons. The number of H-pyrrole nitrogens is 1. The Morgan fingerprint density at radius 2 is 1.89 bits per heavy atom.